The van der Waals surface area contributed by atoms with Crippen LogP contribution in [-0.4, -0.2) is 25.5 Å². The van der Waals surface area contributed by atoms with E-state index in [-0.39, 0.29) is 5.91 Å². The van der Waals surface area contributed by atoms with Crippen LogP contribution in [0.3, 0.4) is 0 Å². The normalized spacial score (nSPS) is 10.1. The summed E-state index contributed by atoms with van der Waals surface area (Å²) in [4.78, 5) is 23.8. The van der Waals surface area contributed by atoms with Crippen LogP contribution >= 0.6 is 0 Å². The lowest BCUT2D eigenvalue weighted by Gasteiger charge is -2.11. The summed E-state index contributed by atoms with van der Waals surface area (Å²) in [5.41, 5.74) is 4.12. The maximum atomic E-state index is 12.1. The second kappa shape index (κ2) is 8.15. The Kier molecular flexibility index (Phi) is 5.95. The number of para-hydroxylation sites is 1. The van der Waals surface area contributed by atoms with E-state index in [9.17, 15) is 9.59 Å². The van der Waals surface area contributed by atoms with Crippen LogP contribution in [0.15, 0.2) is 42.5 Å². The molecule has 0 fully saturated rings. The molecule has 0 atom stereocenters. The molecule has 0 aliphatic carbocycles. The van der Waals surface area contributed by atoms with E-state index < -0.39 is 5.97 Å². The molecule has 0 heterocycles. The van der Waals surface area contributed by atoms with Crippen LogP contribution in [0.5, 0.6) is 0 Å². The van der Waals surface area contributed by atoms with Crippen molar-refractivity contribution in [2.24, 2.45) is 0 Å². The number of ether oxygens (including phenoxy) is 1. The molecule has 5 nitrogen and oxygen atoms in total. The highest BCUT2D eigenvalue weighted by Gasteiger charge is 2.11. The van der Waals surface area contributed by atoms with Crippen molar-refractivity contribution in [2.75, 3.05) is 24.3 Å². The Morgan fingerprint density at radius 2 is 1.71 bits per heavy atom. The van der Waals surface area contributed by atoms with Crippen molar-refractivity contribution in [3.8, 4) is 0 Å². The third-order valence-electron chi connectivity index (χ3n) is 3.51. The van der Waals surface area contributed by atoms with Gasteiger partial charge < -0.3 is 15.4 Å². The smallest absolute Gasteiger partial charge is 0.339 e. The van der Waals surface area contributed by atoms with Gasteiger partial charge in [0.1, 0.15) is 0 Å². The molecule has 24 heavy (non-hydrogen) atoms. The number of carbonyl (C=O) groups is 2. The van der Waals surface area contributed by atoms with E-state index in [0.29, 0.717) is 24.2 Å². The summed E-state index contributed by atoms with van der Waals surface area (Å²) in [5.74, 6) is -0.485. The molecule has 2 aromatic rings. The van der Waals surface area contributed by atoms with Crippen LogP contribution in [0.1, 0.15) is 27.9 Å². The van der Waals surface area contributed by atoms with Crippen molar-refractivity contribution in [2.45, 2.75) is 20.3 Å². The molecule has 0 aliphatic heterocycles. The Morgan fingerprint density at radius 3 is 2.38 bits per heavy atom. The van der Waals surface area contributed by atoms with Crippen molar-refractivity contribution >= 4 is 23.3 Å². The zero-order valence-corrected chi connectivity index (χ0v) is 14.2. The first-order chi connectivity index (χ1) is 11.5. The topological polar surface area (TPSA) is 67.4 Å². The lowest BCUT2D eigenvalue weighted by Crippen LogP contribution is -2.17. The summed E-state index contributed by atoms with van der Waals surface area (Å²) in [6.07, 6.45) is 0.294. The molecule has 0 spiro atoms. The van der Waals surface area contributed by atoms with Crippen LogP contribution < -0.4 is 10.6 Å². The van der Waals surface area contributed by atoms with Crippen LogP contribution in [0.2, 0.25) is 0 Å². The first-order valence-electron chi connectivity index (χ1n) is 7.79. The predicted molar refractivity (Wildman–Crippen MR) is 95.4 cm³/mol. The number of rotatable bonds is 6. The fourth-order valence-electron chi connectivity index (χ4n) is 2.51. The number of anilines is 2. The number of methoxy groups -OCH3 is 1. The van der Waals surface area contributed by atoms with E-state index in [1.54, 1.807) is 18.2 Å². The maximum Gasteiger partial charge on any atom is 0.339 e. The van der Waals surface area contributed by atoms with Gasteiger partial charge in [-0.05, 0) is 49.2 Å². The number of carbonyl (C=O) groups excluding carboxylic acids is 2. The second-order valence-electron chi connectivity index (χ2n) is 5.64. The molecule has 0 aromatic heterocycles. The highest BCUT2D eigenvalue weighted by atomic mass is 16.5. The van der Waals surface area contributed by atoms with Crippen molar-refractivity contribution < 1.29 is 14.3 Å². The Balaban J connectivity index is 1.90. The largest absolute Gasteiger partial charge is 0.465 e. The molecule has 126 valence electrons. The van der Waals surface area contributed by atoms with Crippen molar-refractivity contribution in [1.82, 2.24) is 0 Å². The van der Waals surface area contributed by atoms with Crippen LogP contribution in [0.4, 0.5) is 11.4 Å². The number of aryl methyl sites for hydroxylation is 2. The zero-order chi connectivity index (χ0) is 17.5. The Labute approximate surface area is 142 Å². The average molecular weight is 326 g/mol. The van der Waals surface area contributed by atoms with Crippen molar-refractivity contribution in [3.63, 3.8) is 0 Å². The van der Waals surface area contributed by atoms with Gasteiger partial charge in [0, 0.05) is 24.3 Å². The number of hydrogen-bond acceptors (Lipinski definition) is 4. The molecule has 2 aromatic carbocycles. The molecule has 0 saturated carbocycles. The molecular weight excluding hydrogens is 304 g/mol. The fourth-order valence-corrected chi connectivity index (χ4v) is 2.51. The molecular formula is C19H22N2O3. The highest BCUT2D eigenvalue weighted by molar-refractivity contribution is 5.96. The third-order valence-corrected chi connectivity index (χ3v) is 3.51. The molecule has 0 bridgehead atoms. The molecule has 0 radical (unpaired) electrons. The van der Waals surface area contributed by atoms with Gasteiger partial charge in [0.15, 0.2) is 0 Å². The van der Waals surface area contributed by atoms with Gasteiger partial charge >= 0.3 is 5.97 Å². The molecule has 0 aliphatic rings. The Hall–Kier alpha value is -2.82. The summed E-state index contributed by atoms with van der Waals surface area (Å²) in [5, 5.41) is 5.99. The van der Waals surface area contributed by atoms with Gasteiger partial charge in [0.25, 0.3) is 0 Å². The molecule has 2 N–H and O–H groups in total. The standard InChI is InChI=1S/C19H22N2O3/c1-13-10-14(2)12-15(11-13)21-18(22)8-9-20-17-7-5-4-6-16(17)19(23)24-3/h4-7,10-12,20H,8-9H2,1-3H3,(H,21,22). The number of hydrogen-bond donors (Lipinski definition) is 2. The Morgan fingerprint density at radius 1 is 1.04 bits per heavy atom. The molecule has 0 saturated heterocycles. The molecule has 1 amide bonds. The minimum atomic E-state index is -0.405. The van der Waals surface area contributed by atoms with E-state index in [2.05, 4.69) is 16.7 Å². The quantitative estimate of drug-likeness (QED) is 0.797. The second-order valence-corrected chi connectivity index (χ2v) is 5.64. The van der Waals surface area contributed by atoms with E-state index >= 15 is 0 Å². The highest BCUT2D eigenvalue weighted by Crippen LogP contribution is 2.16. The van der Waals surface area contributed by atoms with Gasteiger partial charge in [-0.3, -0.25) is 4.79 Å². The first kappa shape index (κ1) is 17.5. The van der Waals surface area contributed by atoms with Crippen LogP contribution in [0.25, 0.3) is 0 Å². The predicted octanol–water partition coefficient (Wildman–Crippen LogP) is 3.53. The minimum absolute atomic E-state index is 0.0805. The summed E-state index contributed by atoms with van der Waals surface area (Å²) in [6.45, 7) is 4.41. The number of benzene rings is 2. The van der Waals surface area contributed by atoms with Gasteiger partial charge in [-0.25, -0.2) is 4.79 Å². The number of amides is 1. The Bertz CT molecular complexity index is 721. The van der Waals surface area contributed by atoms with Gasteiger partial charge in [0.2, 0.25) is 5.91 Å². The molecule has 5 heteroatoms. The number of esters is 1. The summed E-state index contributed by atoms with van der Waals surface area (Å²) in [6, 6.07) is 13.0. The SMILES string of the molecule is COC(=O)c1ccccc1NCCC(=O)Nc1cc(C)cc(C)c1. The fraction of sp³-hybridized carbons (Fsp3) is 0.263. The third kappa shape index (κ3) is 4.84. The van der Waals surface area contributed by atoms with Gasteiger partial charge in [0.05, 0.1) is 12.7 Å². The average Bonchev–Trinajstić information content (AvgIpc) is 2.53. The van der Waals surface area contributed by atoms with Gasteiger partial charge in [-0.15, -0.1) is 0 Å². The van der Waals surface area contributed by atoms with Crippen LogP contribution in [0, 0.1) is 13.8 Å². The first-order valence-corrected chi connectivity index (χ1v) is 7.79. The zero-order valence-electron chi connectivity index (χ0n) is 14.2. The molecule has 0 unspecified atom stereocenters. The van der Waals surface area contributed by atoms with Gasteiger partial charge in [-0.1, -0.05) is 18.2 Å². The van der Waals surface area contributed by atoms with E-state index in [0.717, 1.165) is 16.8 Å². The maximum absolute atomic E-state index is 12.1. The minimum Gasteiger partial charge on any atom is -0.465 e. The van der Waals surface area contributed by atoms with Crippen molar-refractivity contribution in [3.05, 3.63) is 59.2 Å². The van der Waals surface area contributed by atoms with E-state index in [4.69, 9.17) is 4.74 Å². The number of nitrogens with one attached hydrogen (secondary N) is 2. The van der Waals surface area contributed by atoms with Crippen molar-refractivity contribution in [1.29, 1.82) is 0 Å². The van der Waals surface area contributed by atoms with E-state index in [1.165, 1.54) is 7.11 Å². The summed E-state index contributed by atoms with van der Waals surface area (Å²) in [7, 11) is 1.34. The lowest BCUT2D eigenvalue weighted by atomic mass is 10.1. The lowest BCUT2D eigenvalue weighted by molar-refractivity contribution is -0.115. The van der Waals surface area contributed by atoms with Gasteiger partial charge in [-0.2, -0.15) is 0 Å². The summed E-state index contributed by atoms with van der Waals surface area (Å²) >= 11 is 0. The monoisotopic (exact) mass is 326 g/mol. The molecule has 2 rings (SSSR count). The van der Waals surface area contributed by atoms with E-state index in [1.807, 2.05) is 32.0 Å². The summed E-state index contributed by atoms with van der Waals surface area (Å²) < 4.78 is 4.75. The van der Waals surface area contributed by atoms with Crippen LogP contribution in [-0.2, 0) is 9.53 Å².